The van der Waals surface area contributed by atoms with Crippen molar-refractivity contribution >= 4 is 22.1 Å². The van der Waals surface area contributed by atoms with Crippen molar-refractivity contribution in [2.24, 2.45) is 0 Å². The van der Waals surface area contributed by atoms with Gasteiger partial charge in [0.15, 0.2) is 0 Å². The number of nitrogens with zero attached hydrogens (tertiary/aromatic N) is 1. The highest BCUT2D eigenvalue weighted by Crippen LogP contribution is 2.31. The van der Waals surface area contributed by atoms with Gasteiger partial charge in [0.2, 0.25) is 0 Å². The second-order valence-corrected chi connectivity index (χ2v) is 5.47. The van der Waals surface area contributed by atoms with Gasteiger partial charge in [-0.2, -0.15) is 0 Å². The van der Waals surface area contributed by atoms with Crippen molar-refractivity contribution in [3.05, 3.63) is 30.6 Å². The molecule has 2 heterocycles. The number of nitrogen functional groups attached to an aromatic ring is 1. The van der Waals surface area contributed by atoms with Crippen LogP contribution in [-0.2, 0) is 4.74 Å². The number of fused-ring (bicyclic) bond motifs is 1. The molecule has 100 valence electrons. The van der Waals surface area contributed by atoms with Gasteiger partial charge < -0.3 is 15.8 Å². The smallest absolute Gasteiger partial charge is 0.0693 e. The van der Waals surface area contributed by atoms with Crippen molar-refractivity contribution in [1.29, 1.82) is 0 Å². The highest BCUT2D eigenvalue weighted by atomic mass is 16.5. The second-order valence-electron chi connectivity index (χ2n) is 5.47. The summed E-state index contributed by atoms with van der Waals surface area (Å²) in [5.74, 6) is 0. The Bertz CT molecular complexity index is 591. The Morgan fingerprint density at radius 3 is 3.00 bits per heavy atom. The molecule has 0 radical (unpaired) electrons. The van der Waals surface area contributed by atoms with E-state index >= 15 is 0 Å². The van der Waals surface area contributed by atoms with E-state index in [0.29, 0.717) is 0 Å². The fraction of sp³-hybridized carbons (Fsp3) is 0.400. The topological polar surface area (TPSA) is 60.2 Å². The number of rotatable bonds is 2. The number of hydrogen-bond donors (Lipinski definition) is 2. The number of ether oxygens (including phenoxy) is 1. The molecule has 1 unspecified atom stereocenters. The van der Waals surface area contributed by atoms with Crippen LogP contribution in [0, 0.1) is 0 Å². The van der Waals surface area contributed by atoms with Crippen molar-refractivity contribution < 1.29 is 4.74 Å². The number of anilines is 2. The Labute approximate surface area is 113 Å². The third kappa shape index (κ3) is 2.36. The fourth-order valence-electron chi connectivity index (χ4n) is 2.68. The van der Waals surface area contributed by atoms with Gasteiger partial charge in [-0.3, -0.25) is 4.98 Å². The predicted molar refractivity (Wildman–Crippen MR) is 78.2 cm³/mol. The Balaban J connectivity index is 1.99. The molecule has 0 aliphatic carbocycles. The van der Waals surface area contributed by atoms with E-state index in [0.717, 1.165) is 48.2 Å². The van der Waals surface area contributed by atoms with Crippen molar-refractivity contribution in [3.8, 4) is 0 Å². The number of hydrogen-bond acceptors (Lipinski definition) is 4. The van der Waals surface area contributed by atoms with Crippen molar-refractivity contribution in [1.82, 2.24) is 4.98 Å². The molecular weight excluding hydrogens is 238 g/mol. The molecule has 4 nitrogen and oxygen atoms in total. The third-order valence-electron chi connectivity index (χ3n) is 3.73. The van der Waals surface area contributed by atoms with Gasteiger partial charge in [0, 0.05) is 41.1 Å². The van der Waals surface area contributed by atoms with Gasteiger partial charge in [-0.25, -0.2) is 0 Å². The maximum Gasteiger partial charge on any atom is 0.0693 e. The van der Waals surface area contributed by atoms with Crippen LogP contribution in [0.2, 0.25) is 0 Å². The molecule has 0 amide bonds. The number of aromatic nitrogens is 1. The summed E-state index contributed by atoms with van der Waals surface area (Å²) in [6, 6.07) is 5.97. The van der Waals surface area contributed by atoms with Crippen LogP contribution in [0.1, 0.15) is 19.8 Å². The van der Waals surface area contributed by atoms with Crippen LogP contribution in [0.3, 0.4) is 0 Å². The quantitative estimate of drug-likeness (QED) is 0.812. The highest BCUT2D eigenvalue weighted by Gasteiger charge is 2.27. The number of nitrogens with two attached hydrogens (primary N) is 1. The predicted octanol–water partition coefficient (Wildman–Crippen LogP) is 2.80. The summed E-state index contributed by atoms with van der Waals surface area (Å²) in [5, 5.41) is 5.73. The monoisotopic (exact) mass is 257 g/mol. The lowest BCUT2D eigenvalue weighted by atomic mass is 9.94. The molecule has 0 saturated carbocycles. The maximum absolute atomic E-state index is 6.00. The van der Waals surface area contributed by atoms with E-state index in [1.807, 2.05) is 24.4 Å². The van der Waals surface area contributed by atoms with E-state index < -0.39 is 0 Å². The summed E-state index contributed by atoms with van der Waals surface area (Å²) < 4.78 is 5.59. The highest BCUT2D eigenvalue weighted by molar-refractivity contribution is 6.00. The molecule has 0 bridgehead atoms. The Morgan fingerprint density at radius 2 is 2.21 bits per heavy atom. The molecule has 1 fully saturated rings. The molecule has 0 spiro atoms. The minimum absolute atomic E-state index is 0.00936. The molecule has 1 saturated heterocycles. The lowest BCUT2D eigenvalue weighted by Crippen LogP contribution is -2.43. The van der Waals surface area contributed by atoms with Gasteiger partial charge in [-0.15, -0.1) is 0 Å². The zero-order valence-corrected chi connectivity index (χ0v) is 11.1. The lowest BCUT2D eigenvalue weighted by Gasteiger charge is -2.35. The standard InChI is InChI=1S/C15H19N3O/c1-15(6-2-8-19-10-15)18-14-4-3-13(16)12-9-17-7-5-11(12)14/h3-5,7,9,18H,2,6,8,10,16H2,1H3. The first-order valence-electron chi connectivity index (χ1n) is 6.66. The first kappa shape index (κ1) is 12.2. The van der Waals surface area contributed by atoms with Crippen molar-refractivity contribution in [2.45, 2.75) is 25.3 Å². The lowest BCUT2D eigenvalue weighted by molar-refractivity contribution is 0.0541. The summed E-state index contributed by atoms with van der Waals surface area (Å²) in [4.78, 5) is 4.15. The van der Waals surface area contributed by atoms with Gasteiger partial charge in [0.1, 0.15) is 0 Å². The van der Waals surface area contributed by atoms with E-state index in [1.165, 1.54) is 0 Å². The van der Waals surface area contributed by atoms with Crippen LogP contribution in [0.4, 0.5) is 11.4 Å². The Hall–Kier alpha value is -1.81. The molecule has 1 aromatic carbocycles. The van der Waals surface area contributed by atoms with Crippen LogP contribution >= 0.6 is 0 Å². The summed E-state index contributed by atoms with van der Waals surface area (Å²) in [5.41, 5.74) is 7.85. The van der Waals surface area contributed by atoms with E-state index in [2.05, 4.69) is 17.2 Å². The SMILES string of the molecule is CC1(Nc2ccc(N)c3cnccc23)CCCOC1. The Morgan fingerprint density at radius 1 is 1.32 bits per heavy atom. The molecule has 1 aliphatic heterocycles. The van der Waals surface area contributed by atoms with Crippen molar-refractivity contribution in [2.75, 3.05) is 24.3 Å². The maximum atomic E-state index is 6.00. The van der Waals surface area contributed by atoms with Crippen LogP contribution in [0.15, 0.2) is 30.6 Å². The Kier molecular flexibility index (Phi) is 3.03. The third-order valence-corrected chi connectivity index (χ3v) is 3.73. The van der Waals surface area contributed by atoms with Gasteiger partial charge in [0.25, 0.3) is 0 Å². The summed E-state index contributed by atoms with van der Waals surface area (Å²) >= 11 is 0. The molecule has 1 aromatic heterocycles. The van der Waals surface area contributed by atoms with Gasteiger partial charge in [0.05, 0.1) is 12.1 Å². The molecule has 19 heavy (non-hydrogen) atoms. The van der Waals surface area contributed by atoms with Crippen molar-refractivity contribution in [3.63, 3.8) is 0 Å². The van der Waals surface area contributed by atoms with Crippen LogP contribution in [0.25, 0.3) is 10.8 Å². The largest absolute Gasteiger partial charge is 0.398 e. The zero-order valence-electron chi connectivity index (χ0n) is 11.1. The average molecular weight is 257 g/mol. The van der Waals surface area contributed by atoms with E-state index in [9.17, 15) is 0 Å². The molecule has 3 rings (SSSR count). The van der Waals surface area contributed by atoms with E-state index in [1.54, 1.807) is 6.20 Å². The molecule has 1 aliphatic rings. The average Bonchev–Trinajstić information content (AvgIpc) is 2.43. The van der Waals surface area contributed by atoms with Crippen LogP contribution < -0.4 is 11.1 Å². The minimum Gasteiger partial charge on any atom is -0.398 e. The van der Waals surface area contributed by atoms with E-state index in [4.69, 9.17) is 10.5 Å². The van der Waals surface area contributed by atoms with Crippen LogP contribution in [0.5, 0.6) is 0 Å². The van der Waals surface area contributed by atoms with Crippen LogP contribution in [-0.4, -0.2) is 23.7 Å². The summed E-state index contributed by atoms with van der Waals surface area (Å²) in [7, 11) is 0. The second kappa shape index (κ2) is 4.70. The van der Waals surface area contributed by atoms with Gasteiger partial charge in [-0.1, -0.05) is 0 Å². The molecule has 2 aromatic rings. The fourth-order valence-corrected chi connectivity index (χ4v) is 2.68. The zero-order chi connectivity index (χ0) is 13.3. The molecule has 3 N–H and O–H groups in total. The molecule has 1 atom stereocenters. The first-order chi connectivity index (χ1) is 9.18. The molecule has 4 heteroatoms. The van der Waals surface area contributed by atoms with Gasteiger partial charge >= 0.3 is 0 Å². The normalized spacial score (nSPS) is 23.4. The summed E-state index contributed by atoms with van der Waals surface area (Å²) in [6.45, 7) is 3.81. The number of benzene rings is 1. The minimum atomic E-state index is -0.00936. The number of pyridine rings is 1. The number of nitrogens with one attached hydrogen (secondary N) is 1. The van der Waals surface area contributed by atoms with Gasteiger partial charge in [-0.05, 0) is 38.0 Å². The first-order valence-corrected chi connectivity index (χ1v) is 6.66. The summed E-state index contributed by atoms with van der Waals surface area (Å²) in [6.07, 6.45) is 5.82. The molecular formula is C15H19N3O. The van der Waals surface area contributed by atoms with E-state index in [-0.39, 0.29) is 5.54 Å².